The van der Waals surface area contributed by atoms with Gasteiger partial charge in [0.05, 0.1) is 11.9 Å². The Morgan fingerprint density at radius 1 is 1.33 bits per heavy atom. The molecule has 0 aromatic rings. The van der Waals surface area contributed by atoms with Crippen LogP contribution in [0.3, 0.4) is 0 Å². The predicted octanol–water partition coefficient (Wildman–Crippen LogP) is 1.70. The van der Waals surface area contributed by atoms with Crippen LogP contribution in [0.1, 0.15) is 33.6 Å². The summed E-state index contributed by atoms with van der Waals surface area (Å²) in [5.74, 6) is 1.10. The first-order valence-electron chi connectivity index (χ1n) is 5.37. The van der Waals surface area contributed by atoms with Crippen molar-refractivity contribution in [3.8, 4) is 0 Å². The number of sulfone groups is 1. The Morgan fingerprint density at radius 2 is 1.93 bits per heavy atom. The fourth-order valence-corrected chi connectivity index (χ4v) is 2.74. The van der Waals surface area contributed by atoms with Gasteiger partial charge in [0.1, 0.15) is 9.84 Å². The van der Waals surface area contributed by atoms with E-state index in [-0.39, 0.29) is 17.6 Å². The Morgan fingerprint density at radius 3 is 2.40 bits per heavy atom. The van der Waals surface area contributed by atoms with Crippen molar-refractivity contribution in [2.75, 3.05) is 17.3 Å². The molecular weight excluding hydrogens is 232 g/mol. The molecule has 0 bridgehead atoms. The van der Waals surface area contributed by atoms with Crippen molar-refractivity contribution < 1.29 is 13.5 Å². The SMILES string of the molecule is CCS(=O)(=O)CCCC(O)CSC(C)C. The van der Waals surface area contributed by atoms with Crippen LogP contribution in [0, 0.1) is 0 Å². The maximum Gasteiger partial charge on any atom is 0.150 e. The maximum atomic E-state index is 11.2. The van der Waals surface area contributed by atoms with Gasteiger partial charge in [0, 0.05) is 11.5 Å². The lowest BCUT2D eigenvalue weighted by Gasteiger charge is -2.11. The van der Waals surface area contributed by atoms with E-state index in [2.05, 4.69) is 13.8 Å². The zero-order valence-electron chi connectivity index (χ0n) is 9.77. The summed E-state index contributed by atoms with van der Waals surface area (Å²) in [5, 5.41) is 10.1. The van der Waals surface area contributed by atoms with Crippen LogP contribution >= 0.6 is 11.8 Å². The molecule has 0 amide bonds. The van der Waals surface area contributed by atoms with Gasteiger partial charge in [0.2, 0.25) is 0 Å². The molecular formula is C10H22O3S2. The van der Waals surface area contributed by atoms with Gasteiger partial charge < -0.3 is 5.11 Å². The van der Waals surface area contributed by atoms with Gasteiger partial charge in [-0.05, 0) is 18.1 Å². The van der Waals surface area contributed by atoms with Gasteiger partial charge in [-0.15, -0.1) is 0 Å². The quantitative estimate of drug-likeness (QED) is 0.716. The van der Waals surface area contributed by atoms with Gasteiger partial charge in [-0.25, -0.2) is 8.42 Å². The van der Waals surface area contributed by atoms with Crippen molar-refractivity contribution >= 4 is 21.6 Å². The van der Waals surface area contributed by atoms with Crippen LogP contribution in [0.15, 0.2) is 0 Å². The van der Waals surface area contributed by atoms with Gasteiger partial charge in [-0.3, -0.25) is 0 Å². The minimum Gasteiger partial charge on any atom is -0.392 e. The van der Waals surface area contributed by atoms with Crippen molar-refractivity contribution in [2.45, 2.75) is 45.0 Å². The summed E-state index contributed by atoms with van der Waals surface area (Å²) >= 11 is 1.70. The minimum atomic E-state index is -2.86. The van der Waals surface area contributed by atoms with E-state index < -0.39 is 9.84 Å². The Labute approximate surface area is 97.6 Å². The van der Waals surface area contributed by atoms with Gasteiger partial charge in [-0.2, -0.15) is 11.8 Å². The van der Waals surface area contributed by atoms with E-state index in [4.69, 9.17) is 0 Å². The van der Waals surface area contributed by atoms with Gasteiger partial charge in [0.25, 0.3) is 0 Å². The third-order valence-corrected chi connectivity index (χ3v) is 5.09. The second-order valence-corrected chi connectivity index (χ2v) is 8.00. The monoisotopic (exact) mass is 254 g/mol. The average molecular weight is 254 g/mol. The fourth-order valence-electron chi connectivity index (χ4n) is 1.07. The highest BCUT2D eigenvalue weighted by molar-refractivity contribution is 7.99. The second-order valence-electron chi connectivity index (χ2n) is 3.91. The first-order chi connectivity index (χ1) is 6.87. The van der Waals surface area contributed by atoms with Crippen LogP contribution in [-0.4, -0.2) is 42.1 Å². The van der Waals surface area contributed by atoms with E-state index >= 15 is 0 Å². The molecule has 0 radical (unpaired) electrons. The van der Waals surface area contributed by atoms with Crippen LogP contribution in [0.2, 0.25) is 0 Å². The highest BCUT2D eigenvalue weighted by atomic mass is 32.2. The normalized spacial score (nSPS) is 14.5. The first kappa shape index (κ1) is 15.3. The van der Waals surface area contributed by atoms with Gasteiger partial charge in [0.15, 0.2) is 0 Å². The van der Waals surface area contributed by atoms with Gasteiger partial charge >= 0.3 is 0 Å². The van der Waals surface area contributed by atoms with E-state index in [0.29, 0.717) is 23.8 Å². The molecule has 1 unspecified atom stereocenters. The smallest absolute Gasteiger partial charge is 0.150 e. The molecule has 5 heteroatoms. The molecule has 15 heavy (non-hydrogen) atoms. The summed E-state index contributed by atoms with van der Waals surface area (Å²) in [7, 11) is -2.86. The second kappa shape index (κ2) is 7.52. The van der Waals surface area contributed by atoms with Crippen LogP contribution in [0.25, 0.3) is 0 Å². The third-order valence-electron chi connectivity index (χ3n) is 2.05. The summed E-state index contributed by atoms with van der Waals surface area (Å²) in [6.45, 7) is 5.82. The van der Waals surface area contributed by atoms with Crippen LogP contribution in [-0.2, 0) is 9.84 Å². The summed E-state index contributed by atoms with van der Waals surface area (Å²) < 4.78 is 22.3. The fraction of sp³-hybridized carbons (Fsp3) is 1.00. The molecule has 0 rings (SSSR count). The number of rotatable bonds is 8. The van der Waals surface area contributed by atoms with E-state index in [1.165, 1.54) is 0 Å². The van der Waals surface area contributed by atoms with Crippen LogP contribution in [0.4, 0.5) is 0 Å². The largest absolute Gasteiger partial charge is 0.392 e. The molecule has 0 fully saturated rings. The third kappa shape index (κ3) is 9.20. The topological polar surface area (TPSA) is 54.4 Å². The number of aliphatic hydroxyl groups excluding tert-OH is 1. The highest BCUT2D eigenvalue weighted by Crippen LogP contribution is 2.13. The molecule has 92 valence electrons. The van der Waals surface area contributed by atoms with Crippen LogP contribution in [0.5, 0.6) is 0 Å². The van der Waals surface area contributed by atoms with Gasteiger partial charge in [-0.1, -0.05) is 20.8 Å². The molecule has 0 heterocycles. The molecule has 1 atom stereocenters. The first-order valence-corrected chi connectivity index (χ1v) is 8.24. The number of aliphatic hydroxyl groups is 1. The van der Waals surface area contributed by atoms with Crippen molar-refractivity contribution in [3.05, 3.63) is 0 Å². The molecule has 0 saturated carbocycles. The number of hydrogen-bond acceptors (Lipinski definition) is 4. The van der Waals surface area contributed by atoms with E-state index in [0.717, 1.165) is 0 Å². The molecule has 0 aromatic heterocycles. The molecule has 1 N–H and O–H groups in total. The Hall–Kier alpha value is 0.260. The lowest BCUT2D eigenvalue weighted by molar-refractivity contribution is 0.188. The summed E-state index contributed by atoms with van der Waals surface area (Å²) in [6.07, 6.45) is 0.777. The lowest BCUT2D eigenvalue weighted by Crippen LogP contribution is -2.15. The molecule has 0 aliphatic carbocycles. The lowest BCUT2D eigenvalue weighted by atomic mass is 10.2. The van der Waals surface area contributed by atoms with Crippen molar-refractivity contribution in [1.29, 1.82) is 0 Å². The zero-order valence-corrected chi connectivity index (χ0v) is 11.4. The predicted molar refractivity (Wildman–Crippen MR) is 67.2 cm³/mol. The van der Waals surface area contributed by atoms with E-state index in [1.54, 1.807) is 18.7 Å². The Balaban J connectivity index is 3.59. The Bertz CT molecular complexity index is 247. The zero-order chi connectivity index (χ0) is 11.9. The number of hydrogen-bond donors (Lipinski definition) is 1. The standard InChI is InChI=1S/C10H22O3S2/c1-4-15(12,13)7-5-6-10(11)8-14-9(2)3/h9-11H,4-8H2,1-3H3. The highest BCUT2D eigenvalue weighted by Gasteiger charge is 2.10. The van der Waals surface area contributed by atoms with E-state index in [1.807, 2.05) is 0 Å². The van der Waals surface area contributed by atoms with Crippen molar-refractivity contribution in [1.82, 2.24) is 0 Å². The van der Waals surface area contributed by atoms with Crippen molar-refractivity contribution in [3.63, 3.8) is 0 Å². The molecule has 0 spiro atoms. The molecule has 0 aliphatic rings. The van der Waals surface area contributed by atoms with Crippen LogP contribution < -0.4 is 0 Å². The Kier molecular flexibility index (Phi) is 7.65. The summed E-state index contributed by atoms with van der Waals surface area (Å²) in [4.78, 5) is 0. The maximum absolute atomic E-state index is 11.2. The van der Waals surface area contributed by atoms with E-state index in [9.17, 15) is 13.5 Å². The average Bonchev–Trinajstić information content (AvgIpc) is 2.14. The van der Waals surface area contributed by atoms with Crippen molar-refractivity contribution in [2.24, 2.45) is 0 Å². The molecule has 0 saturated heterocycles. The molecule has 3 nitrogen and oxygen atoms in total. The minimum absolute atomic E-state index is 0.198. The summed E-state index contributed by atoms with van der Waals surface area (Å²) in [6, 6.07) is 0. The number of thioether (sulfide) groups is 1. The summed E-state index contributed by atoms with van der Waals surface area (Å²) in [5.41, 5.74) is 0. The molecule has 0 aromatic carbocycles. The molecule has 0 aliphatic heterocycles.